The van der Waals surface area contributed by atoms with E-state index in [0.29, 0.717) is 6.42 Å². The zero-order valence-corrected chi connectivity index (χ0v) is 13.3. The Labute approximate surface area is 141 Å². The van der Waals surface area contributed by atoms with E-state index < -0.39 is 12.1 Å². The van der Waals surface area contributed by atoms with Crippen LogP contribution in [0.25, 0.3) is 0 Å². The predicted octanol–water partition coefficient (Wildman–Crippen LogP) is 2.27. The van der Waals surface area contributed by atoms with E-state index in [1.165, 1.54) is 0 Å². The number of primary amides is 1. The maximum absolute atomic E-state index is 12.1. The third-order valence-electron chi connectivity index (χ3n) is 3.43. The standard InChI is InChI=1S/C18H21N3O3/c19-16(11-14-7-3-1-4-8-14)13-24-18(23)21(17(20)22)12-15-9-5-2-6-10-15/h1-10,16H,11-13,19H2,(H2,20,22)/t16-/m1/s1. The van der Waals surface area contributed by atoms with Crippen LogP contribution in [-0.2, 0) is 17.7 Å². The van der Waals surface area contributed by atoms with Crippen LogP contribution in [0.1, 0.15) is 11.1 Å². The van der Waals surface area contributed by atoms with Gasteiger partial charge in [0.25, 0.3) is 0 Å². The summed E-state index contributed by atoms with van der Waals surface area (Å²) in [4.78, 5) is 24.4. The molecule has 0 saturated carbocycles. The number of rotatable bonds is 6. The monoisotopic (exact) mass is 327 g/mol. The molecule has 0 aliphatic heterocycles. The number of urea groups is 1. The van der Waals surface area contributed by atoms with Crippen molar-refractivity contribution in [1.29, 1.82) is 0 Å². The summed E-state index contributed by atoms with van der Waals surface area (Å²) >= 11 is 0. The van der Waals surface area contributed by atoms with Crippen LogP contribution in [0.5, 0.6) is 0 Å². The Morgan fingerprint density at radius 2 is 1.50 bits per heavy atom. The van der Waals surface area contributed by atoms with Gasteiger partial charge in [-0.3, -0.25) is 0 Å². The third-order valence-corrected chi connectivity index (χ3v) is 3.43. The molecule has 0 radical (unpaired) electrons. The van der Waals surface area contributed by atoms with Gasteiger partial charge in [0, 0.05) is 6.04 Å². The Morgan fingerprint density at radius 1 is 0.958 bits per heavy atom. The van der Waals surface area contributed by atoms with Gasteiger partial charge in [0.1, 0.15) is 6.61 Å². The average molecular weight is 327 g/mol. The van der Waals surface area contributed by atoms with Crippen LogP contribution >= 0.6 is 0 Å². The highest BCUT2D eigenvalue weighted by Crippen LogP contribution is 2.07. The van der Waals surface area contributed by atoms with E-state index in [1.54, 1.807) is 12.1 Å². The summed E-state index contributed by atoms with van der Waals surface area (Å²) in [5.41, 5.74) is 13.1. The average Bonchev–Trinajstić information content (AvgIpc) is 2.59. The van der Waals surface area contributed by atoms with Gasteiger partial charge in [0.05, 0.1) is 6.54 Å². The van der Waals surface area contributed by atoms with Crippen molar-refractivity contribution in [2.75, 3.05) is 6.61 Å². The maximum atomic E-state index is 12.1. The van der Waals surface area contributed by atoms with Gasteiger partial charge in [-0.25, -0.2) is 14.5 Å². The molecule has 2 aromatic rings. The second-order valence-electron chi connectivity index (χ2n) is 5.44. The van der Waals surface area contributed by atoms with Crippen LogP contribution in [-0.4, -0.2) is 29.7 Å². The quantitative estimate of drug-likeness (QED) is 0.850. The first kappa shape index (κ1) is 17.5. The number of nitrogens with zero attached hydrogens (tertiary/aromatic N) is 1. The molecule has 24 heavy (non-hydrogen) atoms. The minimum Gasteiger partial charge on any atom is -0.447 e. The normalized spacial score (nSPS) is 11.5. The van der Waals surface area contributed by atoms with Crippen LogP contribution in [0, 0.1) is 0 Å². The molecule has 6 nitrogen and oxygen atoms in total. The molecule has 0 aliphatic rings. The van der Waals surface area contributed by atoms with E-state index in [-0.39, 0.29) is 19.2 Å². The van der Waals surface area contributed by atoms with E-state index in [1.807, 2.05) is 48.5 Å². The van der Waals surface area contributed by atoms with Gasteiger partial charge in [-0.1, -0.05) is 60.7 Å². The van der Waals surface area contributed by atoms with E-state index in [9.17, 15) is 9.59 Å². The molecule has 0 aliphatic carbocycles. The zero-order chi connectivity index (χ0) is 17.4. The minimum absolute atomic E-state index is 0.00625. The molecular formula is C18H21N3O3. The van der Waals surface area contributed by atoms with Gasteiger partial charge in [0.15, 0.2) is 0 Å². The number of nitrogens with two attached hydrogens (primary N) is 2. The van der Waals surface area contributed by atoms with Gasteiger partial charge in [-0.05, 0) is 17.5 Å². The summed E-state index contributed by atoms with van der Waals surface area (Å²) in [7, 11) is 0. The van der Waals surface area contributed by atoms with Crippen LogP contribution in [0.2, 0.25) is 0 Å². The predicted molar refractivity (Wildman–Crippen MR) is 91.0 cm³/mol. The highest BCUT2D eigenvalue weighted by Gasteiger charge is 2.21. The van der Waals surface area contributed by atoms with Crippen LogP contribution in [0.15, 0.2) is 60.7 Å². The van der Waals surface area contributed by atoms with E-state index >= 15 is 0 Å². The topological polar surface area (TPSA) is 98.7 Å². The van der Waals surface area contributed by atoms with Gasteiger partial charge in [0.2, 0.25) is 0 Å². The number of carbonyl (C=O) groups is 2. The van der Waals surface area contributed by atoms with Crippen molar-refractivity contribution in [2.45, 2.75) is 19.0 Å². The van der Waals surface area contributed by atoms with Crippen LogP contribution in [0.3, 0.4) is 0 Å². The molecule has 0 heterocycles. The second-order valence-corrected chi connectivity index (χ2v) is 5.44. The molecule has 0 aromatic heterocycles. The SMILES string of the molecule is NC(=O)N(Cc1ccccc1)C(=O)OC[C@H](N)Cc1ccccc1. The Balaban J connectivity index is 1.87. The van der Waals surface area contributed by atoms with Gasteiger partial charge < -0.3 is 16.2 Å². The first-order valence-corrected chi connectivity index (χ1v) is 7.63. The summed E-state index contributed by atoms with van der Waals surface area (Å²) in [6.45, 7) is 0.0647. The molecule has 0 spiro atoms. The molecule has 0 unspecified atom stereocenters. The lowest BCUT2D eigenvalue weighted by Crippen LogP contribution is -2.42. The summed E-state index contributed by atoms with van der Waals surface area (Å²) in [6.07, 6.45) is -0.224. The van der Waals surface area contributed by atoms with Crippen LogP contribution in [0.4, 0.5) is 9.59 Å². The number of carbonyl (C=O) groups excluding carboxylic acids is 2. The van der Waals surface area contributed by atoms with Crippen molar-refractivity contribution in [1.82, 2.24) is 4.90 Å². The van der Waals surface area contributed by atoms with E-state index in [0.717, 1.165) is 16.0 Å². The van der Waals surface area contributed by atoms with Crippen molar-refractivity contribution < 1.29 is 14.3 Å². The molecule has 6 heteroatoms. The fourth-order valence-corrected chi connectivity index (χ4v) is 2.23. The van der Waals surface area contributed by atoms with Crippen molar-refractivity contribution in [3.63, 3.8) is 0 Å². The molecule has 2 aromatic carbocycles. The first-order valence-electron chi connectivity index (χ1n) is 7.63. The summed E-state index contributed by atoms with van der Waals surface area (Å²) in [5, 5.41) is 0. The second kappa shape index (κ2) is 8.69. The van der Waals surface area contributed by atoms with Crippen LogP contribution < -0.4 is 11.5 Å². The zero-order valence-electron chi connectivity index (χ0n) is 13.3. The largest absolute Gasteiger partial charge is 0.447 e. The molecule has 2 rings (SSSR count). The van der Waals surface area contributed by atoms with Crippen molar-refractivity contribution in [3.8, 4) is 0 Å². The molecule has 0 fully saturated rings. The number of benzene rings is 2. The molecule has 1 atom stereocenters. The summed E-state index contributed by atoms with van der Waals surface area (Å²) in [6, 6.07) is 17.5. The van der Waals surface area contributed by atoms with Gasteiger partial charge >= 0.3 is 12.1 Å². The fourth-order valence-electron chi connectivity index (χ4n) is 2.23. The Bertz CT molecular complexity index is 662. The number of hydrogen-bond donors (Lipinski definition) is 2. The smallest absolute Gasteiger partial charge is 0.418 e. The Kier molecular flexibility index (Phi) is 6.33. The number of amides is 3. The Morgan fingerprint density at radius 3 is 2.04 bits per heavy atom. The summed E-state index contributed by atoms with van der Waals surface area (Å²) in [5.74, 6) is 0. The number of ether oxygens (including phenoxy) is 1. The van der Waals surface area contributed by atoms with Gasteiger partial charge in [-0.15, -0.1) is 0 Å². The maximum Gasteiger partial charge on any atom is 0.418 e. The highest BCUT2D eigenvalue weighted by atomic mass is 16.6. The van der Waals surface area contributed by atoms with E-state index in [2.05, 4.69) is 0 Å². The molecular weight excluding hydrogens is 306 g/mol. The lowest BCUT2D eigenvalue weighted by Gasteiger charge is -2.20. The van der Waals surface area contributed by atoms with Crippen molar-refractivity contribution in [2.24, 2.45) is 11.5 Å². The molecule has 0 bridgehead atoms. The lowest BCUT2D eigenvalue weighted by atomic mass is 10.1. The molecule has 3 amide bonds. The Hall–Kier alpha value is -2.86. The molecule has 0 saturated heterocycles. The number of imide groups is 1. The minimum atomic E-state index is -0.861. The summed E-state index contributed by atoms with van der Waals surface area (Å²) < 4.78 is 5.13. The molecule has 126 valence electrons. The van der Waals surface area contributed by atoms with Crippen molar-refractivity contribution in [3.05, 3.63) is 71.8 Å². The highest BCUT2D eigenvalue weighted by molar-refractivity contribution is 5.89. The van der Waals surface area contributed by atoms with E-state index in [4.69, 9.17) is 16.2 Å². The number of hydrogen-bond acceptors (Lipinski definition) is 4. The first-order chi connectivity index (χ1) is 11.6. The fraction of sp³-hybridized carbons (Fsp3) is 0.222. The van der Waals surface area contributed by atoms with Crippen molar-refractivity contribution >= 4 is 12.1 Å². The van der Waals surface area contributed by atoms with Gasteiger partial charge in [-0.2, -0.15) is 0 Å². The third kappa shape index (κ3) is 5.40. The lowest BCUT2D eigenvalue weighted by molar-refractivity contribution is 0.104. The molecule has 4 N–H and O–H groups in total.